The number of hydrogen-bond donors (Lipinski definition) is 1. The molecule has 0 saturated carbocycles. The first-order valence-electron chi connectivity index (χ1n) is 5.22. The predicted octanol–water partition coefficient (Wildman–Crippen LogP) is 2.13. The molecule has 0 aliphatic heterocycles. The lowest BCUT2D eigenvalue weighted by molar-refractivity contribution is 0.369. The van der Waals surface area contributed by atoms with Gasteiger partial charge in [0, 0.05) is 12.5 Å². The van der Waals surface area contributed by atoms with Crippen molar-refractivity contribution < 1.29 is 8.94 Å². The molecule has 16 heavy (non-hydrogen) atoms. The van der Waals surface area contributed by atoms with E-state index in [4.69, 9.17) is 14.7 Å². The van der Waals surface area contributed by atoms with Gasteiger partial charge in [0.1, 0.15) is 5.76 Å². The standard InChI is InChI=1S/C11H15N3O2/c1-4-10-13-6-8(15-10)11(2,3)7-5-9(12)16-14-7/h5-6H,4,12H2,1-3H3. The molecule has 0 amide bonds. The zero-order valence-electron chi connectivity index (χ0n) is 9.65. The molecule has 0 aliphatic rings. The molecule has 0 radical (unpaired) electrons. The van der Waals surface area contributed by atoms with Crippen LogP contribution in [0.25, 0.3) is 0 Å². The van der Waals surface area contributed by atoms with Crippen molar-refractivity contribution in [1.82, 2.24) is 10.1 Å². The number of aryl methyl sites for hydroxylation is 1. The summed E-state index contributed by atoms with van der Waals surface area (Å²) >= 11 is 0. The zero-order chi connectivity index (χ0) is 11.8. The van der Waals surface area contributed by atoms with Crippen LogP contribution in [0.3, 0.4) is 0 Å². The number of hydrogen-bond acceptors (Lipinski definition) is 5. The van der Waals surface area contributed by atoms with Crippen molar-refractivity contribution in [3.8, 4) is 0 Å². The molecule has 0 atom stereocenters. The number of oxazole rings is 1. The molecular weight excluding hydrogens is 206 g/mol. The first-order chi connectivity index (χ1) is 7.54. The van der Waals surface area contributed by atoms with E-state index in [1.807, 2.05) is 20.8 Å². The van der Waals surface area contributed by atoms with Crippen molar-refractivity contribution in [2.24, 2.45) is 0 Å². The normalized spacial score (nSPS) is 11.9. The van der Waals surface area contributed by atoms with Gasteiger partial charge in [-0.2, -0.15) is 0 Å². The van der Waals surface area contributed by atoms with Crippen LogP contribution in [0.15, 0.2) is 21.2 Å². The highest BCUT2D eigenvalue weighted by Gasteiger charge is 2.30. The van der Waals surface area contributed by atoms with Gasteiger partial charge < -0.3 is 14.7 Å². The van der Waals surface area contributed by atoms with E-state index in [2.05, 4.69) is 10.1 Å². The largest absolute Gasteiger partial charge is 0.445 e. The summed E-state index contributed by atoms with van der Waals surface area (Å²) in [5.74, 6) is 1.79. The lowest BCUT2D eigenvalue weighted by atomic mass is 9.87. The summed E-state index contributed by atoms with van der Waals surface area (Å²) in [7, 11) is 0. The van der Waals surface area contributed by atoms with E-state index in [1.54, 1.807) is 12.3 Å². The molecule has 0 aliphatic carbocycles. The quantitative estimate of drug-likeness (QED) is 0.858. The molecule has 2 aromatic rings. The smallest absolute Gasteiger partial charge is 0.222 e. The summed E-state index contributed by atoms with van der Waals surface area (Å²) in [5, 5.41) is 3.91. The molecule has 2 N–H and O–H groups in total. The van der Waals surface area contributed by atoms with Crippen LogP contribution in [0.5, 0.6) is 0 Å². The zero-order valence-corrected chi connectivity index (χ0v) is 9.65. The van der Waals surface area contributed by atoms with E-state index in [0.717, 1.165) is 23.8 Å². The summed E-state index contributed by atoms with van der Waals surface area (Å²) in [6, 6.07) is 1.70. The van der Waals surface area contributed by atoms with E-state index in [1.165, 1.54) is 0 Å². The van der Waals surface area contributed by atoms with Crippen LogP contribution in [0.4, 0.5) is 5.88 Å². The second-order valence-corrected chi connectivity index (χ2v) is 4.21. The molecule has 0 bridgehead atoms. The molecule has 2 rings (SSSR count). The fourth-order valence-electron chi connectivity index (χ4n) is 1.47. The summed E-state index contributed by atoms with van der Waals surface area (Å²) in [6.45, 7) is 5.98. The van der Waals surface area contributed by atoms with Crippen molar-refractivity contribution in [2.45, 2.75) is 32.6 Å². The predicted molar refractivity (Wildman–Crippen MR) is 58.9 cm³/mol. The number of anilines is 1. The van der Waals surface area contributed by atoms with Crippen molar-refractivity contribution in [3.63, 3.8) is 0 Å². The monoisotopic (exact) mass is 221 g/mol. The molecule has 5 nitrogen and oxygen atoms in total. The van der Waals surface area contributed by atoms with Crippen LogP contribution in [-0.4, -0.2) is 10.1 Å². The Bertz CT molecular complexity index is 485. The molecule has 0 spiro atoms. The third-order valence-corrected chi connectivity index (χ3v) is 2.64. The molecule has 2 heterocycles. The minimum atomic E-state index is -0.387. The molecule has 0 unspecified atom stereocenters. The third kappa shape index (κ3) is 1.68. The molecule has 0 saturated heterocycles. The Labute approximate surface area is 93.6 Å². The van der Waals surface area contributed by atoms with E-state index < -0.39 is 0 Å². The number of rotatable bonds is 3. The lowest BCUT2D eigenvalue weighted by Gasteiger charge is -2.17. The SMILES string of the molecule is CCc1ncc(C(C)(C)c2cc(N)on2)o1. The summed E-state index contributed by atoms with van der Waals surface area (Å²) in [4.78, 5) is 4.18. The van der Waals surface area contributed by atoms with Gasteiger partial charge in [-0.1, -0.05) is 12.1 Å². The maximum Gasteiger partial charge on any atom is 0.222 e. The Morgan fingerprint density at radius 2 is 2.19 bits per heavy atom. The average Bonchev–Trinajstić information content (AvgIpc) is 2.85. The van der Waals surface area contributed by atoms with Gasteiger partial charge in [0.25, 0.3) is 0 Å². The van der Waals surface area contributed by atoms with E-state index in [9.17, 15) is 0 Å². The van der Waals surface area contributed by atoms with E-state index in [-0.39, 0.29) is 5.41 Å². The Morgan fingerprint density at radius 3 is 2.69 bits per heavy atom. The van der Waals surface area contributed by atoms with Crippen molar-refractivity contribution >= 4 is 5.88 Å². The maximum absolute atomic E-state index is 5.63. The van der Waals surface area contributed by atoms with E-state index >= 15 is 0 Å². The Kier molecular flexibility index (Phi) is 2.46. The number of nitrogens with zero attached hydrogens (tertiary/aromatic N) is 2. The average molecular weight is 221 g/mol. The first kappa shape index (κ1) is 10.7. The summed E-state index contributed by atoms with van der Waals surface area (Å²) in [5.41, 5.74) is 5.86. The van der Waals surface area contributed by atoms with Crippen LogP contribution in [0, 0.1) is 0 Å². The second kappa shape index (κ2) is 3.66. The molecule has 2 aromatic heterocycles. The number of aromatic nitrogens is 2. The van der Waals surface area contributed by atoms with Crippen LogP contribution in [0.1, 0.15) is 38.1 Å². The van der Waals surface area contributed by atoms with Gasteiger partial charge in [0.05, 0.1) is 17.3 Å². The number of nitrogen functional groups attached to an aromatic ring is 1. The Balaban J connectivity index is 2.37. The van der Waals surface area contributed by atoms with Gasteiger partial charge in [0.15, 0.2) is 5.89 Å². The van der Waals surface area contributed by atoms with Crippen LogP contribution >= 0.6 is 0 Å². The third-order valence-electron chi connectivity index (χ3n) is 2.64. The van der Waals surface area contributed by atoms with Crippen molar-refractivity contribution in [3.05, 3.63) is 29.6 Å². The lowest BCUT2D eigenvalue weighted by Crippen LogP contribution is -2.18. The minimum Gasteiger partial charge on any atom is -0.445 e. The van der Waals surface area contributed by atoms with Crippen LogP contribution in [-0.2, 0) is 11.8 Å². The van der Waals surface area contributed by atoms with Gasteiger partial charge in [-0.05, 0) is 13.8 Å². The minimum absolute atomic E-state index is 0.304. The van der Waals surface area contributed by atoms with Gasteiger partial charge in [0.2, 0.25) is 5.88 Å². The highest BCUT2D eigenvalue weighted by Crippen LogP contribution is 2.31. The van der Waals surface area contributed by atoms with E-state index in [0.29, 0.717) is 5.88 Å². The fraction of sp³-hybridized carbons (Fsp3) is 0.455. The molecule has 0 fully saturated rings. The van der Waals surface area contributed by atoms with Gasteiger partial charge in [-0.15, -0.1) is 0 Å². The van der Waals surface area contributed by atoms with Gasteiger partial charge in [-0.25, -0.2) is 4.98 Å². The highest BCUT2D eigenvalue weighted by atomic mass is 16.5. The maximum atomic E-state index is 5.63. The van der Waals surface area contributed by atoms with Crippen molar-refractivity contribution in [1.29, 1.82) is 0 Å². The van der Waals surface area contributed by atoms with Crippen LogP contribution in [0.2, 0.25) is 0 Å². The number of nitrogens with two attached hydrogens (primary N) is 1. The fourth-order valence-corrected chi connectivity index (χ4v) is 1.47. The van der Waals surface area contributed by atoms with Crippen molar-refractivity contribution in [2.75, 3.05) is 5.73 Å². The summed E-state index contributed by atoms with van der Waals surface area (Å²) < 4.78 is 10.5. The van der Waals surface area contributed by atoms with Crippen LogP contribution < -0.4 is 5.73 Å². The first-order valence-corrected chi connectivity index (χ1v) is 5.22. The van der Waals surface area contributed by atoms with Gasteiger partial charge in [-0.3, -0.25) is 0 Å². The topological polar surface area (TPSA) is 78.1 Å². The molecule has 0 aromatic carbocycles. The Hall–Kier alpha value is -1.78. The molecule has 5 heteroatoms. The highest BCUT2D eigenvalue weighted by molar-refractivity contribution is 5.33. The molecular formula is C11H15N3O2. The molecule has 86 valence electrons. The summed E-state index contributed by atoms with van der Waals surface area (Å²) in [6.07, 6.45) is 2.50. The second-order valence-electron chi connectivity index (χ2n) is 4.21. The van der Waals surface area contributed by atoms with Gasteiger partial charge >= 0.3 is 0 Å². The Morgan fingerprint density at radius 1 is 1.44 bits per heavy atom.